The van der Waals surface area contributed by atoms with Crippen molar-refractivity contribution in [3.63, 3.8) is 0 Å². The third-order valence-corrected chi connectivity index (χ3v) is 4.67. The summed E-state index contributed by atoms with van der Waals surface area (Å²) >= 11 is 3.56. The number of hydrogen-bond donors (Lipinski definition) is 2. The van der Waals surface area contributed by atoms with Gasteiger partial charge in [-0.2, -0.15) is 0 Å². The Balaban J connectivity index is 1.99. The molecular weight excluding hydrogens is 444 g/mol. The maximum atomic E-state index is 10.7. The van der Waals surface area contributed by atoms with Crippen LogP contribution in [0.1, 0.15) is 18.1 Å². The van der Waals surface area contributed by atoms with Crippen LogP contribution >= 0.6 is 15.9 Å². The van der Waals surface area contributed by atoms with Gasteiger partial charge in [0, 0.05) is 29.7 Å². The van der Waals surface area contributed by atoms with Crippen molar-refractivity contribution < 1.29 is 24.2 Å². The minimum atomic E-state index is -0.430. The maximum Gasteiger partial charge on any atom is 0.269 e. The standard InChI is InChI=1S/C20H25BrN2O6/c1-2-28-19-11-16(13-22-7-9-27-10-8-24)18(21)12-20(19)29-14-15-3-5-17(6-4-15)23(25)26/h3-6,11-12,22,24H,2,7-10,13-14H2,1H3. The van der Waals surface area contributed by atoms with Crippen LogP contribution in [0.15, 0.2) is 40.9 Å². The molecule has 0 bridgehead atoms. The third-order valence-electron chi connectivity index (χ3n) is 3.93. The van der Waals surface area contributed by atoms with Gasteiger partial charge in [-0.25, -0.2) is 0 Å². The van der Waals surface area contributed by atoms with Crippen molar-refractivity contribution in [1.29, 1.82) is 0 Å². The van der Waals surface area contributed by atoms with E-state index in [0.717, 1.165) is 15.6 Å². The quantitative estimate of drug-likeness (QED) is 0.263. The van der Waals surface area contributed by atoms with Gasteiger partial charge in [0.2, 0.25) is 0 Å². The molecule has 0 fully saturated rings. The smallest absolute Gasteiger partial charge is 0.269 e. The van der Waals surface area contributed by atoms with Crippen molar-refractivity contribution in [2.75, 3.05) is 33.0 Å². The second-order valence-corrected chi connectivity index (χ2v) is 6.90. The zero-order valence-electron chi connectivity index (χ0n) is 16.2. The molecule has 0 aromatic heterocycles. The Kier molecular flexibility index (Phi) is 9.85. The number of benzene rings is 2. The van der Waals surface area contributed by atoms with E-state index in [9.17, 15) is 10.1 Å². The molecule has 2 aromatic rings. The maximum absolute atomic E-state index is 10.7. The molecule has 0 radical (unpaired) electrons. The van der Waals surface area contributed by atoms with E-state index in [0.29, 0.717) is 44.4 Å². The summed E-state index contributed by atoms with van der Waals surface area (Å²) in [6.07, 6.45) is 0. The van der Waals surface area contributed by atoms with E-state index in [1.165, 1.54) is 12.1 Å². The molecule has 0 amide bonds. The van der Waals surface area contributed by atoms with Crippen LogP contribution in [-0.4, -0.2) is 43.0 Å². The summed E-state index contributed by atoms with van der Waals surface area (Å²) in [4.78, 5) is 10.3. The van der Waals surface area contributed by atoms with Crippen LogP contribution in [0, 0.1) is 10.1 Å². The first kappa shape index (κ1) is 23.1. The summed E-state index contributed by atoms with van der Waals surface area (Å²) < 4.78 is 17.7. The number of ether oxygens (including phenoxy) is 3. The van der Waals surface area contributed by atoms with E-state index in [1.807, 2.05) is 19.1 Å². The second-order valence-electron chi connectivity index (χ2n) is 6.05. The monoisotopic (exact) mass is 468 g/mol. The minimum absolute atomic E-state index is 0.0185. The molecule has 2 N–H and O–H groups in total. The molecule has 2 rings (SSSR count). The Labute approximate surface area is 178 Å². The molecule has 0 aliphatic carbocycles. The van der Waals surface area contributed by atoms with Gasteiger partial charge in [0.25, 0.3) is 5.69 Å². The lowest BCUT2D eigenvalue weighted by molar-refractivity contribution is -0.384. The first-order valence-electron chi connectivity index (χ1n) is 9.25. The number of rotatable bonds is 13. The van der Waals surface area contributed by atoms with Crippen LogP contribution in [0.5, 0.6) is 11.5 Å². The van der Waals surface area contributed by atoms with Crippen LogP contribution < -0.4 is 14.8 Å². The van der Waals surface area contributed by atoms with E-state index >= 15 is 0 Å². The van der Waals surface area contributed by atoms with E-state index < -0.39 is 4.92 Å². The molecule has 2 aromatic carbocycles. The lowest BCUT2D eigenvalue weighted by Gasteiger charge is -2.15. The Morgan fingerprint density at radius 3 is 2.52 bits per heavy atom. The number of non-ortho nitro benzene ring substituents is 1. The number of nitro groups is 1. The highest BCUT2D eigenvalue weighted by Gasteiger charge is 2.12. The van der Waals surface area contributed by atoms with Crippen molar-refractivity contribution >= 4 is 21.6 Å². The zero-order chi connectivity index (χ0) is 21.1. The lowest BCUT2D eigenvalue weighted by atomic mass is 10.2. The Morgan fingerprint density at radius 2 is 1.86 bits per heavy atom. The first-order chi connectivity index (χ1) is 14.0. The van der Waals surface area contributed by atoms with Crippen molar-refractivity contribution in [3.8, 4) is 11.5 Å². The van der Waals surface area contributed by atoms with Crippen molar-refractivity contribution in [2.45, 2.75) is 20.1 Å². The van der Waals surface area contributed by atoms with Gasteiger partial charge in [-0.3, -0.25) is 10.1 Å². The van der Waals surface area contributed by atoms with Crippen LogP contribution in [0.25, 0.3) is 0 Å². The number of nitro benzene ring substituents is 1. The van der Waals surface area contributed by atoms with Crippen molar-refractivity contribution in [1.82, 2.24) is 5.32 Å². The fourth-order valence-corrected chi connectivity index (χ4v) is 2.97. The summed E-state index contributed by atoms with van der Waals surface area (Å²) in [6, 6.07) is 10.0. The molecule has 0 atom stereocenters. The Morgan fingerprint density at radius 1 is 1.14 bits per heavy atom. The molecule has 29 heavy (non-hydrogen) atoms. The van der Waals surface area contributed by atoms with Gasteiger partial charge in [0.15, 0.2) is 11.5 Å². The first-order valence-corrected chi connectivity index (χ1v) is 10.0. The number of nitrogens with zero attached hydrogens (tertiary/aromatic N) is 1. The number of aliphatic hydroxyl groups is 1. The molecule has 0 saturated carbocycles. The van der Waals surface area contributed by atoms with Gasteiger partial charge in [0.1, 0.15) is 6.61 Å². The summed E-state index contributed by atoms with van der Waals surface area (Å²) in [5.74, 6) is 1.22. The van der Waals surface area contributed by atoms with E-state index in [-0.39, 0.29) is 18.9 Å². The van der Waals surface area contributed by atoms with Gasteiger partial charge < -0.3 is 24.6 Å². The van der Waals surface area contributed by atoms with Crippen molar-refractivity contribution in [2.24, 2.45) is 0 Å². The molecule has 0 aliphatic heterocycles. The minimum Gasteiger partial charge on any atom is -0.490 e. The highest BCUT2D eigenvalue weighted by atomic mass is 79.9. The summed E-state index contributed by atoms with van der Waals surface area (Å²) in [6.45, 7) is 4.82. The molecule has 0 heterocycles. The van der Waals surface area contributed by atoms with Gasteiger partial charge in [-0.05, 0) is 42.3 Å². The molecule has 0 spiro atoms. The third kappa shape index (κ3) is 7.62. The topological polar surface area (TPSA) is 103 Å². The summed E-state index contributed by atoms with van der Waals surface area (Å²) in [5.41, 5.74) is 1.88. The normalized spacial score (nSPS) is 10.7. The molecule has 0 aliphatic rings. The lowest BCUT2D eigenvalue weighted by Crippen LogP contribution is -2.20. The molecule has 9 heteroatoms. The van der Waals surface area contributed by atoms with E-state index in [2.05, 4.69) is 21.2 Å². The van der Waals surface area contributed by atoms with Crippen LogP contribution in [0.3, 0.4) is 0 Å². The molecule has 0 saturated heterocycles. The predicted molar refractivity (Wildman–Crippen MR) is 112 cm³/mol. The molecular formula is C20H25BrN2O6. The van der Waals surface area contributed by atoms with Gasteiger partial charge in [-0.15, -0.1) is 0 Å². The highest BCUT2D eigenvalue weighted by Crippen LogP contribution is 2.34. The number of halogens is 1. The second kappa shape index (κ2) is 12.4. The van der Waals surface area contributed by atoms with Gasteiger partial charge in [-0.1, -0.05) is 15.9 Å². The van der Waals surface area contributed by atoms with E-state index in [1.54, 1.807) is 12.1 Å². The highest BCUT2D eigenvalue weighted by molar-refractivity contribution is 9.10. The number of hydrogen-bond acceptors (Lipinski definition) is 7. The van der Waals surface area contributed by atoms with Crippen LogP contribution in [-0.2, 0) is 17.9 Å². The SMILES string of the molecule is CCOc1cc(CNCCOCCO)c(Br)cc1OCc1ccc([N+](=O)[O-])cc1. The fraction of sp³-hybridized carbons (Fsp3) is 0.400. The van der Waals surface area contributed by atoms with Crippen LogP contribution in [0.4, 0.5) is 5.69 Å². The van der Waals surface area contributed by atoms with Crippen LogP contribution in [0.2, 0.25) is 0 Å². The fourth-order valence-electron chi connectivity index (χ4n) is 2.50. The molecule has 158 valence electrons. The van der Waals surface area contributed by atoms with E-state index in [4.69, 9.17) is 19.3 Å². The Hall–Kier alpha value is -2.20. The number of nitrogens with one attached hydrogen (secondary N) is 1. The van der Waals surface area contributed by atoms with Crippen molar-refractivity contribution in [3.05, 3.63) is 62.1 Å². The van der Waals surface area contributed by atoms with Gasteiger partial charge >= 0.3 is 0 Å². The summed E-state index contributed by atoms with van der Waals surface area (Å²) in [7, 11) is 0. The predicted octanol–water partition coefficient (Wildman–Crippen LogP) is 3.43. The summed E-state index contributed by atoms with van der Waals surface area (Å²) in [5, 5.41) is 22.7. The Bertz CT molecular complexity index is 785. The van der Waals surface area contributed by atoms with Gasteiger partial charge in [0.05, 0.1) is 31.4 Å². The number of aliphatic hydroxyl groups excluding tert-OH is 1. The molecule has 8 nitrogen and oxygen atoms in total. The average Bonchev–Trinajstić information content (AvgIpc) is 2.71. The zero-order valence-corrected chi connectivity index (χ0v) is 17.8. The average molecular weight is 469 g/mol. The molecule has 0 unspecified atom stereocenters. The largest absolute Gasteiger partial charge is 0.490 e.